The van der Waals surface area contributed by atoms with Crippen LogP contribution in [0.25, 0.3) is 0 Å². The molecule has 3 atom stereocenters. The first-order valence-corrected chi connectivity index (χ1v) is 7.37. The van der Waals surface area contributed by atoms with Crippen LogP contribution < -0.4 is 67.8 Å². The van der Waals surface area contributed by atoms with E-state index in [4.69, 9.17) is 54.4 Å². The van der Waals surface area contributed by atoms with Gasteiger partial charge in [-0.05, 0) is 20.8 Å². The summed E-state index contributed by atoms with van der Waals surface area (Å²) < 4.78 is 47.9. The van der Waals surface area contributed by atoms with Gasteiger partial charge in [0, 0.05) is 14.1 Å². The SMILES string of the molecule is N=CC(=O)[O-].O=CC(=O)[O-].[2H]C(N)C(=O)O.[2H]C(N)C(=O)[O-].[2H][B-]([2H])([2H])[2H].[2H][C@@H](NC(=O)OC(C)(C)C)C(=O)O.[NH4+].[Na+]. The number of carbonyl (C=O) groups is 7. The summed E-state index contributed by atoms with van der Waals surface area (Å²) in [6.45, 7) is 0.176. The Morgan fingerprint density at radius 3 is 1.46 bits per heavy atom. The first-order valence-electron chi connectivity index (χ1n) is 11.4. The van der Waals surface area contributed by atoms with E-state index in [0.29, 0.717) is 0 Å². The van der Waals surface area contributed by atoms with Crippen LogP contribution in [-0.2, 0) is 33.5 Å². The summed E-state index contributed by atoms with van der Waals surface area (Å²) in [5.41, 5.74) is 8.25. The molecule has 0 aliphatic carbocycles. The van der Waals surface area contributed by atoms with Gasteiger partial charge in [-0.2, -0.15) is 0 Å². The maximum Gasteiger partial charge on any atom is 1.00 e. The number of amides is 1. The van der Waals surface area contributed by atoms with E-state index >= 15 is 0 Å². The van der Waals surface area contributed by atoms with Gasteiger partial charge in [-0.3, -0.25) is 14.4 Å². The summed E-state index contributed by atoms with van der Waals surface area (Å²) in [5.74, 6) is -7.40. The van der Waals surface area contributed by atoms with Gasteiger partial charge in [-0.25, -0.2) is 10.1 Å². The molecule has 20 heteroatoms. The van der Waals surface area contributed by atoms with Crippen LogP contribution in [0.1, 0.15) is 24.9 Å². The molecular weight excluding hydrogens is 492 g/mol. The largest absolute Gasteiger partial charge is 1.00 e. The average molecular weight is 532 g/mol. The summed E-state index contributed by atoms with van der Waals surface area (Å²) in [4.78, 5) is 66.4. The van der Waals surface area contributed by atoms with Crippen LogP contribution >= 0.6 is 0 Å². The first-order chi connectivity index (χ1) is 17.5. The van der Waals surface area contributed by atoms with E-state index in [1.807, 2.05) is 5.32 Å². The van der Waals surface area contributed by atoms with E-state index in [0.717, 1.165) is 0 Å². The van der Waals surface area contributed by atoms with Gasteiger partial charge in [0.15, 0.2) is 6.29 Å². The van der Waals surface area contributed by atoms with E-state index < -0.39 is 69.4 Å². The summed E-state index contributed by atoms with van der Waals surface area (Å²) in [7, 11) is -3.00. The summed E-state index contributed by atoms with van der Waals surface area (Å²) in [5, 5.41) is 50.8. The van der Waals surface area contributed by atoms with Gasteiger partial charge < -0.3 is 73.0 Å². The fraction of sp³-hybridized carbons (Fsp3) is 0.467. The molecule has 0 rings (SSSR count). The third-order valence-electron chi connectivity index (χ3n) is 1.21. The van der Waals surface area contributed by atoms with Crippen molar-refractivity contribution < 1.29 is 97.5 Å². The summed E-state index contributed by atoms with van der Waals surface area (Å²) in [6.07, 6.45) is -0.963. The maximum atomic E-state index is 10.9. The molecule has 12 N–H and O–H groups in total. The second-order valence-corrected chi connectivity index (χ2v) is 5.02. The minimum absolute atomic E-state index is 0. The van der Waals surface area contributed by atoms with Crippen molar-refractivity contribution in [3.05, 3.63) is 0 Å². The van der Waals surface area contributed by atoms with Crippen LogP contribution in [0.5, 0.6) is 0 Å². The van der Waals surface area contributed by atoms with Crippen LogP contribution in [0, 0.1) is 5.41 Å². The fourth-order valence-corrected chi connectivity index (χ4v) is 0.428. The molecule has 0 saturated heterocycles. The maximum absolute atomic E-state index is 10.9. The molecule has 202 valence electrons. The molecule has 0 bridgehead atoms. The first kappa shape index (κ1) is 31.9. The number of hydrogen-bond donors (Lipinski definition) is 7. The Hall–Kier alpha value is -3.10. The van der Waals surface area contributed by atoms with Crippen LogP contribution in [0.4, 0.5) is 4.79 Å². The number of carboxylic acid groups (broad SMARTS) is 5. The number of carboxylic acids is 5. The molecule has 2 unspecified atom stereocenters. The van der Waals surface area contributed by atoms with E-state index in [1.54, 1.807) is 20.8 Å². The fourth-order valence-electron chi connectivity index (χ4n) is 0.428. The predicted octanol–water partition coefficient (Wildman–Crippen LogP) is -10.4. The van der Waals surface area contributed by atoms with Gasteiger partial charge in [0.2, 0.25) is 0 Å². The van der Waals surface area contributed by atoms with Gasteiger partial charge >= 0.3 is 47.6 Å². The molecule has 0 fully saturated rings. The second-order valence-electron chi connectivity index (χ2n) is 5.02. The number of rotatable bonds is 6. The standard InChI is InChI=1S/C7H13NO4.2C2H5NO2.C2H3NO2.C2H2O3.BH4.H3N.Na/c1-7(2,3)12-6(11)8-4-5(9)10;4*3-1-2(4)5;;;/h4H2,1-3H3,(H,8,11)(H,9,10);2*1,3H2,(H,4,5);1,3H,(H,4,5);1H,(H,4,5);1H4;1H3;/q;;;;;-1;;+1/p-2/i4D;2*1D;;;1D4;;/t4-;;;;;;;/m1......./s1. The summed E-state index contributed by atoms with van der Waals surface area (Å²) in [6, 6.07) is 0. The molecule has 0 aromatic heterocycles. The Kier molecular flexibility index (Phi) is 32.4. The molecule has 18 nitrogen and oxygen atoms in total. The van der Waals surface area contributed by atoms with E-state index in [9.17, 15) is 24.3 Å². The smallest absolute Gasteiger partial charge is 0.549 e. The van der Waals surface area contributed by atoms with Gasteiger partial charge in [-0.1, -0.05) is 8.27 Å². The molecule has 0 aromatic rings. The zero-order chi connectivity index (χ0) is 34.0. The van der Waals surface area contributed by atoms with Crippen molar-refractivity contribution in [3.63, 3.8) is 0 Å². The normalized spacial score (nSPS) is 13.3. The Morgan fingerprint density at radius 1 is 1.06 bits per heavy atom. The number of alkyl carbamates (subject to hydrolysis) is 1. The minimum atomic E-state index is -3.00. The number of ether oxygens (including phenoxy) is 1. The molecule has 0 aliphatic heterocycles. The number of hydrogen-bond acceptors (Lipinski definition) is 14. The van der Waals surface area contributed by atoms with Gasteiger partial charge in [0.25, 0.3) is 0 Å². The number of aldehydes is 1. The van der Waals surface area contributed by atoms with E-state index in [2.05, 4.69) is 11.5 Å². The van der Waals surface area contributed by atoms with E-state index in [-0.39, 0.29) is 48.2 Å². The van der Waals surface area contributed by atoms with Gasteiger partial charge in [0.1, 0.15) is 18.1 Å². The second kappa shape index (κ2) is 35.5. The molecule has 0 heterocycles. The Labute approximate surface area is 234 Å². The molecule has 1 amide bonds. The topological polar surface area (TPSA) is 363 Å². The quantitative estimate of drug-likeness (QED) is 0.0722. The zero-order valence-electron chi connectivity index (χ0n) is 26.5. The van der Waals surface area contributed by atoms with Gasteiger partial charge in [-0.15, -0.1) is 0 Å². The van der Waals surface area contributed by atoms with Crippen molar-refractivity contribution in [2.75, 3.05) is 19.6 Å². The third kappa shape index (κ3) is 116. The van der Waals surface area contributed by atoms with Crippen LogP contribution in [-0.4, -0.2) is 97.4 Å². The Bertz CT molecular complexity index is 778. The van der Waals surface area contributed by atoms with Crippen molar-refractivity contribution in [2.24, 2.45) is 11.5 Å². The Morgan fingerprint density at radius 2 is 1.34 bits per heavy atom. The third-order valence-corrected chi connectivity index (χ3v) is 1.21. The molecule has 35 heavy (non-hydrogen) atoms. The molecular formula is C15H33BN5NaO13-2. The monoisotopic (exact) mass is 532 g/mol. The molecule has 0 saturated carbocycles. The average Bonchev–Trinajstić information content (AvgIpc) is 2.72. The number of quaternary nitrogens is 1. The van der Waals surface area contributed by atoms with Crippen molar-refractivity contribution in [2.45, 2.75) is 26.4 Å². The van der Waals surface area contributed by atoms with Crippen LogP contribution in [0.2, 0.25) is 0 Å². The van der Waals surface area contributed by atoms with E-state index in [1.165, 1.54) is 0 Å². The number of carbonyl (C=O) groups excluding carboxylic acids is 5. The minimum Gasteiger partial charge on any atom is -0.549 e. The van der Waals surface area contributed by atoms with Crippen molar-refractivity contribution in [1.29, 1.82) is 10.8 Å². The molecule has 0 radical (unpaired) electrons. The van der Waals surface area contributed by atoms with Crippen molar-refractivity contribution in [3.8, 4) is 0 Å². The number of aliphatic carboxylic acids is 5. The predicted molar refractivity (Wildman–Crippen MR) is 115 cm³/mol. The van der Waals surface area contributed by atoms with Crippen LogP contribution in [0.3, 0.4) is 0 Å². The number of nitrogens with two attached hydrogens (primary N) is 2. The molecule has 0 spiro atoms. The zero-order valence-corrected chi connectivity index (χ0v) is 21.5. The Balaban J connectivity index is -0.0000000576. The van der Waals surface area contributed by atoms with Gasteiger partial charge in [0.05, 0.1) is 21.2 Å². The molecule has 0 aliphatic rings. The molecule has 0 aromatic carbocycles. The van der Waals surface area contributed by atoms with Crippen molar-refractivity contribution >= 4 is 56.7 Å². The summed E-state index contributed by atoms with van der Waals surface area (Å²) >= 11 is 0. The van der Waals surface area contributed by atoms with Crippen molar-refractivity contribution in [1.82, 2.24) is 11.5 Å². The number of nitrogens with one attached hydrogen (secondary N) is 2. The van der Waals surface area contributed by atoms with Crippen LogP contribution in [0.15, 0.2) is 0 Å².